The maximum absolute atomic E-state index is 14.2. The fraction of sp³-hybridized carbons (Fsp3) is 0.600. The highest BCUT2D eigenvalue weighted by molar-refractivity contribution is 5.33. The Kier molecular flexibility index (Phi) is 4.40. The van der Waals surface area contributed by atoms with Gasteiger partial charge in [0.25, 0.3) is 0 Å². The first-order chi connectivity index (χ1) is 9.08. The van der Waals surface area contributed by atoms with Crippen LogP contribution >= 0.6 is 0 Å². The van der Waals surface area contributed by atoms with Gasteiger partial charge in [0.15, 0.2) is 0 Å². The molecule has 1 saturated carbocycles. The van der Waals surface area contributed by atoms with Gasteiger partial charge in [0, 0.05) is 23.7 Å². The van der Waals surface area contributed by atoms with Crippen molar-refractivity contribution in [3.05, 3.63) is 29.3 Å². The van der Waals surface area contributed by atoms with E-state index in [-0.39, 0.29) is 23.3 Å². The summed E-state index contributed by atoms with van der Waals surface area (Å²) in [4.78, 5) is 0. The summed E-state index contributed by atoms with van der Waals surface area (Å²) >= 11 is 0. The molecule has 1 aliphatic rings. The minimum absolute atomic E-state index is 0.141. The van der Waals surface area contributed by atoms with Crippen LogP contribution in [0.3, 0.4) is 0 Å². The Morgan fingerprint density at radius 3 is 2.32 bits per heavy atom. The topological polar surface area (TPSA) is 21.3 Å². The van der Waals surface area contributed by atoms with E-state index in [1.165, 1.54) is 19.2 Å². The van der Waals surface area contributed by atoms with Crippen molar-refractivity contribution in [2.75, 3.05) is 14.2 Å². The van der Waals surface area contributed by atoms with E-state index in [9.17, 15) is 8.78 Å². The van der Waals surface area contributed by atoms with Gasteiger partial charge in [-0.3, -0.25) is 0 Å². The van der Waals surface area contributed by atoms with Crippen LogP contribution in [0, 0.1) is 23.5 Å². The second-order valence-electron chi connectivity index (χ2n) is 5.34. The largest absolute Gasteiger partial charge is 0.497 e. The molecule has 0 saturated heterocycles. The fourth-order valence-electron chi connectivity index (χ4n) is 3.22. The number of rotatable bonds is 4. The van der Waals surface area contributed by atoms with Crippen LogP contribution in [0.1, 0.15) is 37.8 Å². The molecule has 0 aliphatic heterocycles. The first kappa shape index (κ1) is 14.3. The van der Waals surface area contributed by atoms with Gasteiger partial charge in [0.05, 0.1) is 7.11 Å². The summed E-state index contributed by atoms with van der Waals surface area (Å²) in [7, 11) is 3.17. The summed E-state index contributed by atoms with van der Waals surface area (Å²) in [5.41, 5.74) is 0.141. The quantitative estimate of drug-likeness (QED) is 0.900. The summed E-state index contributed by atoms with van der Waals surface area (Å²) in [6.07, 6.45) is 3.27. The van der Waals surface area contributed by atoms with Crippen molar-refractivity contribution in [3.63, 3.8) is 0 Å². The van der Waals surface area contributed by atoms with Gasteiger partial charge in [-0.2, -0.15) is 0 Å². The number of methoxy groups -OCH3 is 1. The maximum atomic E-state index is 14.2. The molecule has 0 aromatic heterocycles. The van der Waals surface area contributed by atoms with E-state index in [1.807, 2.05) is 0 Å². The molecule has 2 rings (SSSR count). The number of ether oxygens (including phenoxy) is 1. The van der Waals surface area contributed by atoms with E-state index in [1.54, 1.807) is 7.05 Å². The lowest BCUT2D eigenvalue weighted by molar-refractivity contribution is 0.299. The maximum Gasteiger partial charge on any atom is 0.134 e. The van der Waals surface area contributed by atoms with E-state index in [0.717, 1.165) is 19.3 Å². The predicted molar refractivity (Wildman–Crippen MR) is 71.2 cm³/mol. The van der Waals surface area contributed by atoms with Crippen LogP contribution in [0.4, 0.5) is 8.78 Å². The molecule has 0 amide bonds. The van der Waals surface area contributed by atoms with Gasteiger partial charge < -0.3 is 10.1 Å². The van der Waals surface area contributed by atoms with Crippen molar-refractivity contribution < 1.29 is 13.5 Å². The Bertz CT molecular complexity index is 427. The smallest absolute Gasteiger partial charge is 0.134 e. The Labute approximate surface area is 113 Å². The monoisotopic (exact) mass is 269 g/mol. The third-order valence-electron chi connectivity index (χ3n) is 4.27. The van der Waals surface area contributed by atoms with E-state index < -0.39 is 11.6 Å². The number of benzene rings is 1. The van der Waals surface area contributed by atoms with E-state index in [0.29, 0.717) is 5.92 Å². The van der Waals surface area contributed by atoms with Crippen molar-refractivity contribution in [1.29, 1.82) is 0 Å². The molecule has 1 fully saturated rings. The third kappa shape index (κ3) is 2.73. The lowest BCUT2D eigenvalue weighted by Gasteiger charge is -2.27. The number of hydrogen-bond acceptors (Lipinski definition) is 2. The zero-order valence-corrected chi connectivity index (χ0v) is 11.7. The number of halogens is 2. The van der Waals surface area contributed by atoms with Crippen LogP contribution < -0.4 is 10.1 Å². The van der Waals surface area contributed by atoms with Crippen LogP contribution in [0.5, 0.6) is 5.75 Å². The highest BCUT2D eigenvalue weighted by Crippen LogP contribution is 2.41. The molecule has 0 spiro atoms. The second kappa shape index (κ2) is 5.87. The van der Waals surface area contributed by atoms with Gasteiger partial charge >= 0.3 is 0 Å². The molecule has 106 valence electrons. The number of nitrogens with one attached hydrogen (secondary N) is 1. The second-order valence-corrected chi connectivity index (χ2v) is 5.34. The average Bonchev–Trinajstić information content (AvgIpc) is 2.79. The van der Waals surface area contributed by atoms with Crippen molar-refractivity contribution in [3.8, 4) is 5.75 Å². The molecule has 2 nitrogen and oxygen atoms in total. The minimum atomic E-state index is -0.532. The van der Waals surface area contributed by atoms with Crippen LogP contribution in [0.2, 0.25) is 0 Å². The van der Waals surface area contributed by atoms with Crippen LogP contribution in [0.15, 0.2) is 12.1 Å². The molecule has 1 aromatic rings. The van der Waals surface area contributed by atoms with E-state index in [2.05, 4.69) is 12.2 Å². The first-order valence-corrected chi connectivity index (χ1v) is 6.78. The van der Waals surface area contributed by atoms with Crippen molar-refractivity contribution in [1.82, 2.24) is 5.32 Å². The molecular weight excluding hydrogens is 248 g/mol. The van der Waals surface area contributed by atoms with Gasteiger partial charge in [0.2, 0.25) is 0 Å². The molecular formula is C15H21F2NO. The lowest BCUT2D eigenvalue weighted by Crippen LogP contribution is -2.28. The summed E-state index contributed by atoms with van der Waals surface area (Å²) in [5.74, 6) is -0.0839. The van der Waals surface area contributed by atoms with E-state index in [4.69, 9.17) is 4.74 Å². The molecule has 3 unspecified atom stereocenters. The van der Waals surface area contributed by atoms with Crippen LogP contribution in [-0.4, -0.2) is 14.2 Å². The van der Waals surface area contributed by atoms with Gasteiger partial charge in [-0.25, -0.2) is 8.78 Å². The van der Waals surface area contributed by atoms with Gasteiger partial charge in [-0.05, 0) is 25.3 Å². The molecule has 3 atom stereocenters. The fourth-order valence-corrected chi connectivity index (χ4v) is 3.22. The highest BCUT2D eigenvalue weighted by Gasteiger charge is 2.34. The first-order valence-electron chi connectivity index (χ1n) is 6.78. The van der Waals surface area contributed by atoms with Gasteiger partial charge in [-0.1, -0.05) is 19.8 Å². The van der Waals surface area contributed by atoms with Gasteiger partial charge in [-0.15, -0.1) is 0 Å². The van der Waals surface area contributed by atoms with Gasteiger partial charge in [0.1, 0.15) is 17.4 Å². The lowest BCUT2D eigenvalue weighted by atomic mass is 9.85. The average molecular weight is 269 g/mol. The van der Waals surface area contributed by atoms with Crippen LogP contribution in [-0.2, 0) is 0 Å². The summed E-state index contributed by atoms with van der Waals surface area (Å²) in [5, 5.41) is 3.09. The standard InChI is InChI=1S/C15H21F2NO/c1-9-5-4-6-11(9)15(18-2)14-12(16)7-10(19-3)8-13(14)17/h7-9,11,15,18H,4-6H2,1-3H3. The normalized spacial score (nSPS) is 24.5. The Morgan fingerprint density at radius 1 is 1.26 bits per heavy atom. The van der Waals surface area contributed by atoms with Crippen LogP contribution in [0.25, 0.3) is 0 Å². The SMILES string of the molecule is CNC(c1c(F)cc(OC)cc1F)C1CCCC1C. The number of hydrogen-bond donors (Lipinski definition) is 1. The van der Waals surface area contributed by atoms with Crippen molar-refractivity contribution >= 4 is 0 Å². The molecule has 1 N–H and O–H groups in total. The summed E-state index contributed by atoms with van der Waals surface area (Å²) < 4.78 is 33.2. The Morgan fingerprint density at radius 2 is 1.89 bits per heavy atom. The molecule has 1 aromatic carbocycles. The molecule has 19 heavy (non-hydrogen) atoms. The highest BCUT2D eigenvalue weighted by atomic mass is 19.1. The Hall–Kier alpha value is -1.16. The minimum Gasteiger partial charge on any atom is -0.497 e. The van der Waals surface area contributed by atoms with Crippen molar-refractivity contribution in [2.24, 2.45) is 11.8 Å². The third-order valence-corrected chi connectivity index (χ3v) is 4.27. The molecule has 1 aliphatic carbocycles. The molecule has 4 heteroatoms. The van der Waals surface area contributed by atoms with Crippen molar-refractivity contribution in [2.45, 2.75) is 32.2 Å². The van der Waals surface area contributed by atoms with E-state index >= 15 is 0 Å². The summed E-state index contributed by atoms with van der Waals surface area (Å²) in [6.45, 7) is 2.15. The molecule has 0 bridgehead atoms. The zero-order valence-electron chi connectivity index (χ0n) is 11.7. The summed E-state index contributed by atoms with van der Waals surface area (Å²) in [6, 6.07) is 2.23. The Balaban J connectivity index is 2.38. The molecule has 0 heterocycles. The molecule has 0 radical (unpaired) electrons. The zero-order chi connectivity index (χ0) is 14.0. The predicted octanol–water partition coefficient (Wildman–Crippen LogP) is 3.67.